The molecule has 4 rings (SSSR count). The van der Waals surface area contributed by atoms with Crippen molar-refractivity contribution in [3.63, 3.8) is 0 Å². The number of rotatable bonds is 8. The normalized spacial score (nSPS) is 11.8. The maximum absolute atomic E-state index is 12.8. The SMILES string of the molecule is CC(Sc1nnc(-c2cccnc2)n1Cc1ccco1)C(=O)Nc1cc([N+](=O)[O-])ccc1Cl. The lowest BCUT2D eigenvalue weighted by molar-refractivity contribution is -0.384. The fourth-order valence-corrected chi connectivity index (χ4v) is 3.97. The number of hydrogen-bond donors (Lipinski definition) is 1. The third-order valence-corrected chi connectivity index (χ3v) is 6.01. The molecule has 0 bridgehead atoms. The highest BCUT2D eigenvalue weighted by atomic mass is 35.5. The molecule has 0 saturated heterocycles. The fourth-order valence-electron chi connectivity index (χ4n) is 2.95. The molecule has 33 heavy (non-hydrogen) atoms. The topological polar surface area (TPSA) is 129 Å². The summed E-state index contributed by atoms with van der Waals surface area (Å²) in [4.78, 5) is 27.4. The number of thioether (sulfide) groups is 1. The number of carbonyl (C=O) groups is 1. The van der Waals surface area contributed by atoms with Crippen molar-refractivity contribution in [3.8, 4) is 11.4 Å². The molecule has 1 aromatic carbocycles. The van der Waals surface area contributed by atoms with E-state index >= 15 is 0 Å². The predicted molar refractivity (Wildman–Crippen MR) is 123 cm³/mol. The smallest absolute Gasteiger partial charge is 0.271 e. The van der Waals surface area contributed by atoms with Gasteiger partial charge < -0.3 is 9.73 Å². The molecule has 10 nitrogen and oxygen atoms in total. The van der Waals surface area contributed by atoms with Crippen molar-refractivity contribution in [2.75, 3.05) is 5.32 Å². The minimum Gasteiger partial charge on any atom is -0.467 e. The predicted octanol–water partition coefficient (Wildman–Crippen LogP) is 4.66. The van der Waals surface area contributed by atoms with E-state index in [2.05, 4.69) is 20.5 Å². The minimum absolute atomic E-state index is 0.163. The highest BCUT2D eigenvalue weighted by molar-refractivity contribution is 8.00. The zero-order valence-corrected chi connectivity index (χ0v) is 18.8. The summed E-state index contributed by atoms with van der Waals surface area (Å²) in [6.45, 7) is 2.05. The van der Waals surface area contributed by atoms with Gasteiger partial charge in [0.05, 0.1) is 33.7 Å². The molecule has 1 amide bonds. The largest absolute Gasteiger partial charge is 0.467 e. The molecule has 3 aromatic heterocycles. The monoisotopic (exact) mass is 484 g/mol. The van der Waals surface area contributed by atoms with E-state index in [4.69, 9.17) is 16.0 Å². The average Bonchev–Trinajstić information content (AvgIpc) is 3.46. The summed E-state index contributed by atoms with van der Waals surface area (Å²) in [6, 6.07) is 11.1. The number of anilines is 1. The number of aromatic nitrogens is 4. The number of non-ortho nitro benzene ring substituents is 1. The van der Waals surface area contributed by atoms with Crippen LogP contribution < -0.4 is 5.32 Å². The Hall–Kier alpha value is -3.70. The van der Waals surface area contributed by atoms with Crippen LogP contribution in [0.4, 0.5) is 11.4 Å². The molecule has 3 heterocycles. The minimum atomic E-state index is -0.610. The highest BCUT2D eigenvalue weighted by Gasteiger charge is 2.23. The summed E-state index contributed by atoms with van der Waals surface area (Å²) in [5.74, 6) is 0.886. The number of halogens is 1. The van der Waals surface area contributed by atoms with Gasteiger partial charge >= 0.3 is 0 Å². The summed E-state index contributed by atoms with van der Waals surface area (Å²) in [7, 11) is 0. The summed E-state index contributed by atoms with van der Waals surface area (Å²) in [5.41, 5.74) is 0.759. The number of amides is 1. The molecule has 0 aliphatic rings. The quantitative estimate of drug-likeness (QED) is 0.217. The van der Waals surface area contributed by atoms with Crippen molar-refractivity contribution in [1.29, 1.82) is 0 Å². The molecule has 4 aromatic rings. The third kappa shape index (κ3) is 5.21. The Bertz CT molecular complexity index is 1280. The van der Waals surface area contributed by atoms with Gasteiger partial charge in [0.2, 0.25) is 5.91 Å². The molecule has 0 spiro atoms. The van der Waals surface area contributed by atoms with Crippen molar-refractivity contribution in [2.24, 2.45) is 0 Å². The Morgan fingerprint density at radius 2 is 2.15 bits per heavy atom. The van der Waals surface area contributed by atoms with Crippen LogP contribution in [0.15, 0.2) is 70.7 Å². The van der Waals surface area contributed by atoms with Crippen molar-refractivity contribution in [2.45, 2.75) is 23.9 Å². The first-order valence-electron chi connectivity index (χ1n) is 9.70. The van der Waals surface area contributed by atoms with E-state index in [0.717, 1.165) is 5.56 Å². The Balaban J connectivity index is 1.57. The molecule has 0 saturated carbocycles. The number of nitrogens with one attached hydrogen (secondary N) is 1. The van der Waals surface area contributed by atoms with Crippen LogP contribution in [0, 0.1) is 10.1 Å². The first-order valence-corrected chi connectivity index (χ1v) is 11.0. The third-order valence-electron chi connectivity index (χ3n) is 4.60. The van der Waals surface area contributed by atoms with Gasteiger partial charge in [0.25, 0.3) is 5.69 Å². The average molecular weight is 485 g/mol. The molecule has 1 unspecified atom stereocenters. The van der Waals surface area contributed by atoms with Gasteiger partial charge in [-0.05, 0) is 37.3 Å². The standard InChI is InChI=1S/C21H17ClN6O4S/c1-13(20(29)24-18-10-15(28(30)31)6-7-17(18)22)33-21-26-25-19(14-4-2-8-23-11-14)27(21)12-16-5-3-9-32-16/h2-11,13H,12H2,1H3,(H,24,29). The van der Waals surface area contributed by atoms with Crippen molar-refractivity contribution < 1.29 is 14.1 Å². The fraction of sp³-hybridized carbons (Fsp3) is 0.143. The Morgan fingerprint density at radius 1 is 1.30 bits per heavy atom. The van der Waals surface area contributed by atoms with Gasteiger partial charge in [-0.1, -0.05) is 23.4 Å². The van der Waals surface area contributed by atoms with Gasteiger partial charge in [-0.2, -0.15) is 0 Å². The molecule has 168 valence electrons. The number of nitro benzene ring substituents is 1. The van der Waals surface area contributed by atoms with Gasteiger partial charge in [0.15, 0.2) is 11.0 Å². The maximum atomic E-state index is 12.8. The van der Waals surface area contributed by atoms with Crippen LogP contribution in [0.1, 0.15) is 12.7 Å². The van der Waals surface area contributed by atoms with Gasteiger partial charge in [0.1, 0.15) is 5.76 Å². The van der Waals surface area contributed by atoms with Gasteiger partial charge in [-0.25, -0.2) is 0 Å². The number of nitrogens with zero attached hydrogens (tertiary/aromatic N) is 5. The second-order valence-electron chi connectivity index (χ2n) is 6.88. The lowest BCUT2D eigenvalue weighted by Gasteiger charge is -2.14. The summed E-state index contributed by atoms with van der Waals surface area (Å²) in [5, 5.41) is 22.3. The van der Waals surface area contributed by atoms with Crippen LogP contribution >= 0.6 is 23.4 Å². The van der Waals surface area contributed by atoms with Crippen molar-refractivity contribution in [3.05, 3.63) is 82.0 Å². The van der Waals surface area contributed by atoms with Crippen molar-refractivity contribution in [1.82, 2.24) is 19.7 Å². The summed E-state index contributed by atoms with van der Waals surface area (Å²) >= 11 is 7.29. The van der Waals surface area contributed by atoms with E-state index in [1.165, 1.54) is 30.0 Å². The lowest BCUT2D eigenvalue weighted by Crippen LogP contribution is -2.23. The molecule has 0 fully saturated rings. The Kier molecular flexibility index (Phi) is 6.71. The van der Waals surface area contributed by atoms with Crippen molar-refractivity contribution >= 4 is 40.6 Å². The van der Waals surface area contributed by atoms with Crippen LogP contribution in [0.3, 0.4) is 0 Å². The number of furan rings is 1. The molecule has 0 radical (unpaired) electrons. The second kappa shape index (κ2) is 9.84. The maximum Gasteiger partial charge on any atom is 0.271 e. The molecular weight excluding hydrogens is 468 g/mol. The number of hydrogen-bond acceptors (Lipinski definition) is 8. The molecule has 1 N–H and O–H groups in total. The van der Waals surface area contributed by atoms with Gasteiger partial charge in [-0.3, -0.25) is 24.5 Å². The first kappa shape index (κ1) is 22.5. The van der Waals surface area contributed by atoms with E-state index in [-0.39, 0.29) is 16.4 Å². The first-order chi connectivity index (χ1) is 15.9. The van der Waals surface area contributed by atoms with E-state index < -0.39 is 16.1 Å². The number of pyridine rings is 1. The van der Waals surface area contributed by atoms with E-state index in [9.17, 15) is 14.9 Å². The number of carbonyl (C=O) groups excluding carboxylic acids is 1. The lowest BCUT2D eigenvalue weighted by atomic mass is 10.2. The van der Waals surface area contributed by atoms with Crippen LogP contribution in [-0.2, 0) is 11.3 Å². The molecular formula is C21H17ClN6O4S. The van der Waals surface area contributed by atoms with E-state index in [0.29, 0.717) is 23.3 Å². The van der Waals surface area contributed by atoms with Crippen LogP contribution in [-0.4, -0.2) is 35.8 Å². The number of nitro groups is 1. The molecule has 0 aliphatic carbocycles. The zero-order chi connectivity index (χ0) is 23.4. The molecule has 0 aliphatic heterocycles. The second-order valence-corrected chi connectivity index (χ2v) is 8.60. The zero-order valence-electron chi connectivity index (χ0n) is 17.2. The van der Waals surface area contributed by atoms with E-state index in [1.54, 1.807) is 37.7 Å². The summed E-state index contributed by atoms with van der Waals surface area (Å²) < 4.78 is 7.32. The van der Waals surface area contributed by atoms with Gasteiger partial charge in [0, 0.05) is 30.1 Å². The number of benzene rings is 1. The highest BCUT2D eigenvalue weighted by Crippen LogP contribution is 2.30. The Labute approximate surface area is 197 Å². The van der Waals surface area contributed by atoms with Crippen LogP contribution in [0.5, 0.6) is 0 Å². The van der Waals surface area contributed by atoms with Gasteiger partial charge in [-0.15, -0.1) is 10.2 Å². The molecule has 1 atom stereocenters. The Morgan fingerprint density at radius 3 is 2.85 bits per heavy atom. The van der Waals surface area contributed by atoms with Crippen LogP contribution in [0.2, 0.25) is 5.02 Å². The molecule has 12 heteroatoms. The summed E-state index contributed by atoms with van der Waals surface area (Å²) in [6.07, 6.45) is 4.92. The van der Waals surface area contributed by atoms with E-state index in [1.807, 2.05) is 16.7 Å². The van der Waals surface area contributed by atoms with Crippen LogP contribution in [0.25, 0.3) is 11.4 Å².